The fourth-order valence-corrected chi connectivity index (χ4v) is 5.06. The summed E-state index contributed by atoms with van der Waals surface area (Å²) in [7, 11) is 0. The standard InChI is InChI=1S/C27H36N2.Au/c1-18(2)22-11-9-12-23(19(3)4)26(22)28-15-16-29(17-28)27-24(20(5)6)13-10-14-25(27)21(7)8;/h9-16,18-21H,1-8H3;. The zero-order valence-corrected chi connectivity index (χ0v) is 21.8. The number of rotatable bonds is 6. The van der Waals surface area contributed by atoms with E-state index < -0.39 is 0 Å². The number of para-hydroxylation sites is 2. The summed E-state index contributed by atoms with van der Waals surface area (Å²) in [6.07, 6.45) is 4.48. The van der Waals surface area contributed by atoms with Crippen LogP contribution in [0.4, 0.5) is 0 Å². The van der Waals surface area contributed by atoms with Crippen LogP contribution in [-0.4, -0.2) is 9.13 Å². The topological polar surface area (TPSA) is 9.86 Å². The molecule has 3 heteroatoms. The maximum atomic E-state index is 2.77. The molecule has 0 aliphatic heterocycles. The molecule has 0 spiro atoms. The molecule has 0 bridgehead atoms. The Morgan fingerprint density at radius 2 is 0.800 bits per heavy atom. The van der Waals surface area contributed by atoms with Crippen LogP contribution < -0.4 is 0 Å². The second kappa shape index (κ2) is 9.26. The van der Waals surface area contributed by atoms with E-state index in [1.807, 2.05) is 0 Å². The summed E-state index contributed by atoms with van der Waals surface area (Å²) in [5.74, 6) is 1.88. The normalized spacial score (nSPS) is 12.1. The quantitative estimate of drug-likeness (QED) is 0.261. The van der Waals surface area contributed by atoms with Crippen molar-refractivity contribution < 1.29 is 20.6 Å². The number of aromatic nitrogens is 2. The number of hydrogen-bond donors (Lipinski definition) is 0. The van der Waals surface area contributed by atoms with Gasteiger partial charge in [0.1, 0.15) is 0 Å². The maximum absolute atomic E-state index is 2.77. The van der Waals surface area contributed by atoms with Crippen molar-refractivity contribution in [2.75, 3.05) is 0 Å². The van der Waals surface area contributed by atoms with Gasteiger partial charge in [-0.05, 0) is 0 Å². The van der Waals surface area contributed by atoms with E-state index in [9.17, 15) is 0 Å². The molecule has 0 saturated heterocycles. The minimum atomic E-state index is 0.469. The average Bonchev–Trinajstić information content (AvgIpc) is 3.07. The minimum absolute atomic E-state index is 0.469. The zero-order chi connectivity index (χ0) is 22.2. The van der Waals surface area contributed by atoms with Gasteiger partial charge in [0.2, 0.25) is 0 Å². The Bertz CT molecular complexity index is 944. The van der Waals surface area contributed by atoms with Crippen LogP contribution in [0.3, 0.4) is 0 Å². The molecule has 0 N–H and O–H groups in total. The molecule has 0 fully saturated rings. The molecule has 30 heavy (non-hydrogen) atoms. The van der Waals surface area contributed by atoms with Crippen LogP contribution in [0.5, 0.6) is 0 Å². The Morgan fingerprint density at radius 3 is 1.03 bits per heavy atom. The summed E-state index contributed by atoms with van der Waals surface area (Å²) >= 11 is 2.77. The molecular weight excluding hydrogens is 549 g/mol. The molecule has 2 nitrogen and oxygen atoms in total. The molecule has 0 unspecified atom stereocenters. The fraction of sp³-hybridized carbons (Fsp3) is 0.444. The first-order valence-electron chi connectivity index (χ1n) is 11.2. The first kappa shape index (κ1) is 23.1. The van der Waals surface area contributed by atoms with Crippen LogP contribution in [0.1, 0.15) is 101 Å². The fourth-order valence-electron chi connectivity index (χ4n) is 4.26. The van der Waals surface area contributed by atoms with Gasteiger partial charge in [0.15, 0.2) is 0 Å². The third kappa shape index (κ3) is 4.23. The van der Waals surface area contributed by atoms with E-state index in [2.05, 4.69) is 134 Å². The van der Waals surface area contributed by atoms with Crippen molar-refractivity contribution in [3.63, 3.8) is 0 Å². The van der Waals surface area contributed by atoms with Gasteiger partial charge in [-0.2, -0.15) is 0 Å². The molecule has 3 aromatic rings. The Morgan fingerprint density at radius 1 is 0.533 bits per heavy atom. The Balaban J connectivity index is 2.33. The van der Waals surface area contributed by atoms with Crippen LogP contribution >= 0.6 is 0 Å². The van der Waals surface area contributed by atoms with Gasteiger partial charge < -0.3 is 0 Å². The summed E-state index contributed by atoms with van der Waals surface area (Å²) in [5.41, 5.74) is 8.29. The molecule has 3 rings (SSSR count). The van der Waals surface area contributed by atoms with E-state index in [4.69, 9.17) is 0 Å². The van der Waals surface area contributed by atoms with Crippen LogP contribution in [0.15, 0.2) is 48.8 Å². The second-order valence-corrected chi connectivity index (χ2v) is 10.4. The van der Waals surface area contributed by atoms with Gasteiger partial charge in [-0.15, -0.1) is 0 Å². The summed E-state index contributed by atoms with van der Waals surface area (Å²) in [6.45, 7) is 18.3. The van der Waals surface area contributed by atoms with Crippen molar-refractivity contribution in [3.8, 4) is 11.4 Å². The predicted octanol–water partition coefficient (Wildman–Crippen LogP) is 7.84. The number of benzene rings is 2. The number of hydrogen-bond acceptors (Lipinski definition) is 0. The molecule has 1 aromatic heterocycles. The second-order valence-electron chi connectivity index (χ2n) is 9.46. The van der Waals surface area contributed by atoms with Crippen LogP contribution in [0.2, 0.25) is 0 Å². The molecule has 0 aliphatic rings. The molecule has 0 amide bonds. The van der Waals surface area contributed by atoms with Crippen LogP contribution in [-0.2, 0) is 20.6 Å². The van der Waals surface area contributed by atoms with Crippen molar-refractivity contribution in [2.45, 2.75) is 79.1 Å². The van der Waals surface area contributed by atoms with Gasteiger partial charge in [-0.3, -0.25) is 0 Å². The van der Waals surface area contributed by atoms with Gasteiger partial charge in [-0.25, -0.2) is 0 Å². The first-order chi connectivity index (χ1) is 14.1. The molecule has 0 aliphatic carbocycles. The van der Waals surface area contributed by atoms with Crippen molar-refractivity contribution >= 4 is 0 Å². The molecule has 0 atom stereocenters. The summed E-state index contributed by atoms with van der Waals surface area (Å²) in [6, 6.07) is 13.6. The summed E-state index contributed by atoms with van der Waals surface area (Å²) in [4.78, 5) is 0. The molecular formula is C27H36AuN2. The van der Waals surface area contributed by atoms with E-state index in [1.165, 1.54) is 37.3 Å². The predicted molar refractivity (Wildman–Crippen MR) is 125 cm³/mol. The summed E-state index contributed by atoms with van der Waals surface area (Å²) < 4.78 is 5.96. The van der Waals surface area contributed by atoms with Crippen molar-refractivity contribution in [1.82, 2.24) is 9.13 Å². The van der Waals surface area contributed by atoms with Gasteiger partial charge >= 0.3 is 195 Å². The van der Waals surface area contributed by atoms with Crippen molar-refractivity contribution in [2.24, 2.45) is 0 Å². The van der Waals surface area contributed by atoms with E-state index in [0.29, 0.717) is 23.7 Å². The first-order valence-corrected chi connectivity index (χ1v) is 12.2. The molecule has 0 saturated carbocycles. The Labute approximate surface area is 194 Å². The van der Waals surface area contributed by atoms with Crippen molar-refractivity contribution in [3.05, 3.63) is 74.7 Å². The Kier molecular flexibility index (Phi) is 7.12. The Hall–Kier alpha value is -1.61. The molecule has 0 radical (unpaired) electrons. The third-order valence-corrected chi connectivity index (χ3v) is 6.94. The molecule has 165 valence electrons. The van der Waals surface area contributed by atoms with E-state index in [0.717, 1.165) is 0 Å². The molecule has 2 aromatic carbocycles. The third-order valence-electron chi connectivity index (χ3n) is 5.89. The van der Waals surface area contributed by atoms with Crippen molar-refractivity contribution in [1.29, 1.82) is 0 Å². The van der Waals surface area contributed by atoms with Crippen LogP contribution in [0, 0.1) is 3.63 Å². The molecule has 1 heterocycles. The SMILES string of the molecule is CC(C)c1cccc(C(C)C)c1-n1ccn(-c2c(C(C)C)cccc2C(C)C)[c]1=[Au]. The number of nitrogens with zero attached hydrogens (tertiary/aromatic N) is 2. The zero-order valence-electron chi connectivity index (χ0n) is 19.6. The van der Waals surface area contributed by atoms with Gasteiger partial charge in [-0.1, -0.05) is 0 Å². The van der Waals surface area contributed by atoms with E-state index in [-0.39, 0.29) is 0 Å². The average molecular weight is 586 g/mol. The van der Waals surface area contributed by atoms with Crippen LogP contribution in [0.25, 0.3) is 11.4 Å². The van der Waals surface area contributed by atoms with Gasteiger partial charge in [0, 0.05) is 0 Å². The van der Waals surface area contributed by atoms with E-state index in [1.54, 1.807) is 0 Å². The summed E-state index contributed by atoms with van der Waals surface area (Å²) in [5, 5.41) is 0. The van der Waals surface area contributed by atoms with E-state index >= 15 is 0 Å². The van der Waals surface area contributed by atoms with Gasteiger partial charge in [0.05, 0.1) is 0 Å². The number of imidazole rings is 1. The monoisotopic (exact) mass is 585 g/mol. The van der Waals surface area contributed by atoms with Gasteiger partial charge in [0.25, 0.3) is 0 Å².